The Hall–Kier alpha value is -0.980. The van der Waals surface area contributed by atoms with Crippen LogP contribution in [0.15, 0.2) is 18.5 Å². The second-order valence-corrected chi connectivity index (χ2v) is 3.62. The molecule has 0 aliphatic heterocycles. The molecule has 70 valence electrons. The van der Waals surface area contributed by atoms with Crippen LogP contribution in [-0.2, 0) is 0 Å². The van der Waals surface area contributed by atoms with Crippen LogP contribution in [-0.4, -0.2) is 15.3 Å². The third-order valence-corrected chi connectivity index (χ3v) is 2.41. The zero-order valence-electron chi connectivity index (χ0n) is 7.14. The van der Waals surface area contributed by atoms with Crippen molar-refractivity contribution in [3.05, 3.63) is 29.0 Å². The topological polar surface area (TPSA) is 28.7 Å². The van der Waals surface area contributed by atoms with Crippen LogP contribution in [0.5, 0.6) is 0 Å². The van der Waals surface area contributed by atoms with E-state index in [-0.39, 0.29) is 0 Å². The van der Waals surface area contributed by atoms with E-state index in [4.69, 9.17) is 11.6 Å². The molecule has 0 spiro atoms. The predicted molar refractivity (Wildman–Crippen MR) is 61.8 cm³/mol. The Morgan fingerprint density at radius 3 is 3.21 bits per heavy atom. The molecule has 2 rings (SSSR count). The quantitative estimate of drug-likeness (QED) is 0.578. The summed E-state index contributed by atoms with van der Waals surface area (Å²) in [5.41, 5.74) is 1.66. The summed E-state index contributed by atoms with van der Waals surface area (Å²) in [6.45, 7) is 0. The first-order valence-electron chi connectivity index (χ1n) is 3.99. The van der Waals surface area contributed by atoms with Crippen LogP contribution in [0.2, 0.25) is 5.02 Å². The van der Waals surface area contributed by atoms with E-state index in [0.717, 1.165) is 16.6 Å². The summed E-state index contributed by atoms with van der Waals surface area (Å²) < 4.78 is 0. The number of nitrogens with zero attached hydrogens (tertiary/aromatic N) is 1. The Balaban J connectivity index is 2.67. The highest BCUT2D eigenvalue weighted by Gasteiger charge is 2.05. The van der Waals surface area contributed by atoms with Gasteiger partial charge >= 0.3 is 0 Å². The summed E-state index contributed by atoms with van der Waals surface area (Å²) in [6.07, 6.45) is 3.49. The highest BCUT2D eigenvalue weighted by atomic mass is 79.9. The number of aromatic nitrogens is 2. The molecule has 2 heterocycles. The predicted octanol–water partition coefficient (Wildman–Crippen LogP) is 2.96. The molecule has 0 aliphatic carbocycles. The van der Waals surface area contributed by atoms with Crippen LogP contribution in [0.4, 0.5) is 0 Å². The van der Waals surface area contributed by atoms with Crippen LogP contribution >= 0.6 is 27.5 Å². The fraction of sp³-hybridized carbons (Fsp3) is 0.100. The first-order valence-corrected chi connectivity index (χ1v) is 5.49. The lowest BCUT2D eigenvalue weighted by molar-refractivity contribution is 1.33. The molecule has 2 aromatic heterocycles. The highest BCUT2D eigenvalue weighted by Crippen LogP contribution is 2.23. The minimum absolute atomic E-state index is 0.650. The van der Waals surface area contributed by atoms with Crippen molar-refractivity contribution in [1.82, 2.24) is 9.97 Å². The number of rotatable bonds is 0. The zero-order chi connectivity index (χ0) is 9.97. The minimum Gasteiger partial charge on any atom is -0.345 e. The van der Waals surface area contributed by atoms with E-state index >= 15 is 0 Å². The molecular weight excluding hydrogens is 263 g/mol. The lowest BCUT2D eigenvalue weighted by Crippen LogP contribution is -1.77. The lowest BCUT2D eigenvalue weighted by atomic mass is 10.2. The van der Waals surface area contributed by atoms with Gasteiger partial charge in [-0.25, -0.2) is 4.98 Å². The highest BCUT2D eigenvalue weighted by molar-refractivity contribution is 9.09. The summed E-state index contributed by atoms with van der Waals surface area (Å²) in [5.74, 6) is 5.94. The third-order valence-electron chi connectivity index (χ3n) is 1.81. The molecule has 0 aromatic carbocycles. The first kappa shape index (κ1) is 9.57. The standard InChI is InChI=1S/C10H6BrClN2/c11-4-1-2-7-6-14-10-9(7)8(12)3-5-13-10/h3,5-6H,4H2,(H,13,14). The SMILES string of the molecule is Clc1ccnc2[nH]cc(C#CCBr)c12. The van der Waals surface area contributed by atoms with Gasteiger partial charge in [0.25, 0.3) is 0 Å². The number of alkyl halides is 1. The molecule has 2 nitrogen and oxygen atoms in total. The van der Waals surface area contributed by atoms with E-state index in [2.05, 4.69) is 37.7 Å². The molecular formula is C10H6BrClN2. The van der Waals surface area contributed by atoms with Crippen molar-refractivity contribution >= 4 is 38.6 Å². The number of nitrogens with one attached hydrogen (secondary N) is 1. The minimum atomic E-state index is 0.650. The third kappa shape index (κ3) is 1.63. The Morgan fingerprint density at radius 2 is 2.43 bits per heavy atom. The second kappa shape index (κ2) is 4.04. The number of H-pyrrole nitrogens is 1. The van der Waals surface area contributed by atoms with Gasteiger partial charge in [-0.1, -0.05) is 39.4 Å². The molecule has 0 radical (unpaired) electrons. The van der Waals surface area contributed by atoms with Crippen molar-refractivity contribution in [2.75, 3.05) is 5.33 Å². The number of aromatic amines is 1. The van der Waals surface area contributed by atoms with Crippen molar-refractivity contribution in [3.63, 3.8) is 0 Å². The largest absolute Gasteiger partial charge is 0.345 e. The summed E-state index contributed by atoms with van der Waals surface area (Å²) in [5, 5.41) is 2.22. The fourth-order valence-electron chi connectivity index (χ4n) is 1.24. The van der Waals surface area contributed by atoms with Gasteiger partial charge in [0.05, 0.1) is 21.3 Å². The second-order valence-electron chi connectivity index (χ2n) is 2.65. The maximum Gasteiger partial charge on any atom is 0.140 e. The van der Waals surface area contributed by atoms with Gasteiger partial charge < -0.3 is 4.98 Å². The molecule has 4 heteroatoms. The number of pyridine rings is 1. The normalized spacial score (nSPS) is 9.86. The van der Waals surface area contributed by atoms with Gasteiger partial charge in [0, 0.05) is 12.4 Å². The number of hydrogen-bond donors (Lipinski definition) is 1. The molecule has 0 aliphatic rings. The van der Waals surface area contributed by atoms with Crippen molar-refractivity contribution in [2.45, 2.75) is 0 Å². The van der Waals surface area contributed by atoms with Crippen molar-refractivity contribution < 1.29 is 0 Å². The van der Waals surface area contributed by atoms with Gasteiger partial charge in [0.2, 0.25) is 0 Å². The molecule has 0 saturated heterocycles. The fourth-order valence-corrected chi connectivity index (χ4v) is 1.63. The molecule has 0 fully saturated rings. The molecule has 2 aromatic rings. The van der Waals surface area contributed by atoms with Crippen molar-refractivity contribution in [2.24, 2.45) is 0 Å². The van der Waals surface area contributed by atoms with Crippen molar-refractivity contribution in [1.29, 1.82) is 0 Å². The van der Waals surface area contributed by atoms with Gasteiger partial charge in [-0.05, 0) is 6.07 Å². The number of halogens is 2. The Kier molecular flexibility index (Phi) is 2.76. The van der Waals surface area contributed by atoms with E-state index < -0.39 is 0 Å². The summed E-state index contributed by atoms with van der Waals surface area (Å²) in [6, 6.07) is 1.76. The van der Waals surface area contributed by atoms with Crippen LogP contribution < -0.4 is 0 Å². The van der Waals surface area contributed by atoms with Crippen molar-refractivity contribution in [3.8, 4) is 11.8 Å². The maximum atomic E-state index is 6.04. The molecule has 0 saturated carbocycles. The Bertz CT molecular complexity index is 522. The average molecular weight is 270 g/mol. The Labute approximate surface area is 94.8 Å². The summed E-state index contributed by atoms with van der Waals surface area (Å²) in [7, 11) is 0. The van der Waals surface area contributed by atoms with E-state index in [0.29, 0.717) is 10.4 Å². The Morgan fingerprint density at radius 1 is 1.57 bits per heavy atom. The van der Waals surface area contributed by atoms with E-state index in [1.165, 1.54) is 0 Å². The number of fused-ring (bicyclic) bond motifs is 1. The monoisotopic (exact) mass is 268 g/mol. The molecule has 0 amide bonds. The van der Waals surface area contributed by atoms with Gasteiger partial charge in [0.15, 0.2) is 0 Å². The van der Waals surface area contributed by atoms with Crippen LogP contribution in [0.25, 0.3) is 11.0 Å². The van der Waals surface area contributed by atoms with E-state index in [1.54, 1.807) is 12.3 Å². The summed E-state index contributed by atoms with van der Waals surface area (Å²) in [4.78, 5) is 7.18. The van der Waals surface area contributed by atoms with Crippen LogP contribution in [0, 0.1) is 11.8 Å². The lowest BCUT2D eigenvalue weighted by Gasteiger charge is -1.92. The van der Waals surface area contributed by atoms with Gasteiger partial charge in [-0.3, -0.25) is 0 Å². The first-order chi connectivity index (χ1) is 6.83. The van der Waals surface area contributed by atoms with E-state index in [1.807, 2.05) is 6.20 Å². The number of hydrogen-bond acceptors (Lipinski definition) is 1. The molecule has 0 bridgehead atoms. The molecule has 0 unspecified atom stereocenters. The van der Waals surface area contributed by atoms with Crippen LogP contribution in [0.3, 0.4) is 0 Å². The van der Waals surface area contributed by atoms with Gasteiger partial charge in [-0.15, -0.1) is 0 Å². The van der Waals surface area contributed by atoms with Crippen LogP contribution in [0.1, 0.15) is 5.56 Å². The smallest absolute Gasteiger partial charge is 0.140 e. The molecule has 0 atom stereocenters. The van der Waals surface area contributed by atoms with E-state index in [9.17, 15) is 0 Å². The van der Waals surface area contributed by atoms with Gasteiger partial charge in [0.1, 0.15) is 5.65 Å². The molecule has 14 heavy (non-hydrogen) atoms. The molecule has 1 N–H and O–H groups in total. The zero-order valence-corrected chi connectivity index (χ0v) is 9.48. The van der Waals surface area contributed by atoms with Gasteiger partial charge in [-0.2, -0.15) is 0 Å². The average Bonchev–Trinajstić information content (AvgIpc) is 2.59. The summed E-state index contributed by atoms with van der Waals surface area (Å²) >= 11 is 9.29. The maximum absolute atomic E-state index is 6.04.